The first-order valence-corrected chi connectivity index (χ1v) is 9.39. The molecule has 4 rings (SSSR count). The molecule has 4 heteroatoms. The smallest absolute Gasteiger partial charge is 0.226 e. The van der Waals surface area contributed by atoms with Crippen molar-refractivity contribution in [1.29, 1.82) is 0 Å². The Morgan fingerprint density at radius 2 is 2.04 bits per heavy atom. The van der Waals surface area contributed by atoms with Crippen LogP contribution in [0.2, 0.25) is 5.02 Å². The lowest BCUT2D eigenvalue weighted by molar-refractivity contribution is -0.133. The fourth-order valence-electron chi connectivity index (χ4n) is 4.25. The molecule has 1 aliphatic carbocycles. The number of hydrogen-bond acceptors (Lipinski definition) is 2. The maximum absolute atomic E-state index is 13.0. The summed E-state index contributed by atoms with van der Waals surface area (Å²) in [4.78, 5) is 15.1. The summed E-state index contributed by atoms with van der Waals surface area (Å²) in [7, 11) is 1.88. The van der Waals surface area contributed by atoms with Gasteiger partial charge in [-0.2, -0.15) is 0 Å². The van der Waals surface area contributed by atoms with Crippen molar-refractivity contribution in [2.45, 2.75) is 31.7 Å². The molecule has 1 amide bonds. The van der Waals surface area contributed by atoms with Crippen LogP contribution in [-0.4, -0.2) is 24.4 Å². The largest absolute Gasteiger partial charge is 0.388 e. The summed E-state index contributed by atoms with van der Waals surface area (Å²) in [5.41, 5.74) is 4.80. The van der Waals surface area contributed by atoms with Gasteiger partial charge in [0.2, 0.25) is 5.91 Å². The molecule has 0 saturated carbocycles. The molecular weight excluding hydrogens is 332 g/mol. The number of benzene rings is 2. The van der Waals surface area contributed by atoms with E-state index in [9.17, 15) is 4.79 Å². The van der Waals surface area contributed by atoms with E-state index in [1.165, 1.54) is 11.1 Å². The maximum atomic E-state index is 13.0. The van der Waals surface area contributed by atoms with E-state index in [0.29, 0.717) is 0 Å². The lowest BCUT2D eigenvalue weighted by atomic mass is 9.97. The van der Waals surface area contributed by atoms with E-state index < -0.39 is 0 Å². The van der Waals surface area contributed by atoms with Crippen LogP contribution in [0.1, 0.15) is 35.6 Å². The molecule has 1 aliphatic heterocycles. The van der Waals surface area contributed by atoms with Crippen LogP contribution in [0.25, 0.3) is 0 Å². The van der Waals surface area contributed by atoms with Crippen molar-refractivity contribution < 1.29 is 4.79 Å². The number of halogens is 1. The molecule has 0 aromatic heterocycles. The highest BCUT2D eigenvalue weighted by molar-refractivity contribution is 6.31. The molecule has 3 nitrogen and oxygen atoms in total. The first-order chi connectivity index (χ1) is 12.2. The van der Waals surface area contributed by atoms with Crippen molar-refractivity contribution in [1.82, 2.24) is 4.90 Å². The van der Waals surface area contributed by atoms with Gasteiger partial charge in [0.05, 0.1) is 6.04 Å². The molecule has 2 aromatic rings. The van der Waals surface area contributed by atoms with E-state index in [1.807, 2.05) is 25.2 Å². The Morgan fingerprint density at radius 3 is 2.84 bits per heavy atom. The predicted molar refractivity (Wildman–Crippen MR) is 102 cm³/mol. The Labute approximate surface area is 154 Å². The van der Waals surface area contributed by atoms with Crippen LogP contribution in [0.15, 0.2) is 42.5 Å². The minimum Gasteiger partial charge on any atom is -0.388 e. The van der Waals surface area contributed by atoms with Gasteiger partial charge in [0, 0.05) is 30.2 Å². The summed E-state index contributed by atoms with van der Waals surface area (Å²) in [6.07, 6.45) is 3.77. The van der Waals surface area contributed by atoms with Gasteiger partial charge in [0.25, 0.3) is 0 Å². The number of nitrogens with one attached hydrogen (secondary N) is 1. The van der Waals surface area contributed by atoms with Crippen LogP contribution in [0.5, 0.6) is 0 Å². The summed E-state index contributed by atoms with van der Waals surface area (Å²) in [6.45, 7) is 0.856. The number of anilines is 1. The van der Waals surface area contributed by atoms with Crippen molar-refractivity contribution >= 4 is 23.2 Å². The number of likely N-dealkylation sites (tertiary alicyclic amines) is 1. The minimum absolute atomic E-state index is 0.0469. The van der Waals surface area contributed by atoms with Crippen LogP contribution >= 0.6 is 11.6 Å². The second-order valence-electron chi connectivity index (χ2n) is 7.03. The lowest BCUT2D eigenvalue weighted by Crippen LogP contribution is -2.31. The SMILES string of the molecule is CNc1ccc(CC2CCN(C3CCc4ccccc43)C2=O)c(Cl)c1. The van der Waals surface area contributed by atoms with Crippen molar-refractivity contribution in [2.75, 3.05) is 18.9 Å². The quantitative estimate of drug-likeness (QED) is 0.879. The number of rotatable bonds is 4. The Morgan fingerprint density at radius 1 is 1.20 bits per heavy atom. The van der Waals surface area contributed by atoms with Gasteiger partial charge in [0.15, 0.2) is 0 Å². The average Bonchev–Trinajstić information content (AvgIpc) is 3.20. The molecule has 1 saturated heterocycles. The van der Waals surface area contributed by atoms with Crippen LogP contribution in [0, 0.1) is 5.92 Å². The first kappa shape index (κ1) is 16.5. The molecule has 2 aromatic carbocycles. The van der Waals surface area contributed by atoms with E-state index in [-0.39, 0.29) is 17.9 Å². The average molecular weight is 355 g/mol. The van der Waals surface area contributed by atoms with Crippen LogP contribution in [-0.2, 0) is 17.6 Å². The van der Waals surface area contributed by atoms with Crippen molar-refractivity contribution in [3.8, 4) is 0 Å². The fourth-order valence-corrected chi connectivity index (χ4v) is 4.51. The molecule has 0 radical (unpaired) electrons. The molecule has 0 bridgehead atoms. The molecule has 130 valence electrons. The van der Waals surface area contributed by atoms with E-state index in [0.717, 1.165) is 48.5 Å². The number of fused-ring (bicyclic) bond motifs is 1. The third kappa shape index (κ3) is 3.02. The maximum Gasteiger partial charge on any atom is 0.226 e. The number of nitrogens with zero attached hydrogens (tertiary/aromatic N) is 1. The summed E-state index contributed by atoms with van der Waals surface area (Å²) in [5.74, 6) is 0.334. The van der Waals surface area contributed by atoms with Crippen molar-refractivity contribution in [2.24, 2.45) is 5.92 Å². The normalized spacial score (nSPS) is 22.3. The zero-order chi connectivity index (χ0) is 17.4. The highest BCUT2D eigenvalue weighted by atomic mass is 35.5. The Kier molecular flexibility index (Phi) is 4.43. The molecule has 2 aliphatic rings. The summed E-state index contributed by atoms with van der Waals surface area (Å²) >= 11 is 6.40. The highest BCUT2D eigenvalue weighted by Crippen LogP contribution is 2.39. The molecule has 1 N–H and O–H groups in total. The standard InChI is InChI=1S/C21H23ClN2O/c1-23-17-8-6-15(19(22)13-17)12-16-10-11-24(21(16)25)20-9-7-14-4-2-3-5-18(14)20/h2-6,8,13,16,20,23H,7,9-12H2,1H3. The van der Waals surface area contributed by atoms with E-state index in [4.69, 9.17) is 11.6 Å². The van der Waals surface area contributed by atoms with Gasteiger partial charge >= 0.3 is 0 Å². The van der Waals surface area contributed by atoms with Gasteiger partial charge in [-0.05, 0) is 54.5 Å². The third-order valence-corrected chi connectivity index (χ3v) is 5.99. The molecule has 2 atom stereocenters. The van der Waals surface area contributed by atoms with E-state index in [1.54, 1.807) is 0 Å². The predicted octanol–water partition coefficient (Wildman–Crippen LogP) is 4.46. The minimum atomic E-state index is 0.0469. The lowest BCUT2D eigenvalue weighted by Gasteiger charge is -2.25. The van der Waals surface area contributed by atoms with Gasteiger partial charge in [0.1, 0.15) is 0 Å². The zero-order valence-corrected chi connectivity index (χ0v) is 15.2. The number of carbonyl (C=O) groups excluding carboxylic acids is 1. The van der Waals surface area contributed by atoms with Crippen molar-refractivity contribution in [3.05, 3.63) is 64.2 Å². The van der Waals surface area contributed by atoms with Gasteiger partial charge < -0.3 is 10.2 Å². The summed E-state index contributed by atoms with van der Waals surface area (Å²) in [6, 6.07) is 14.8. The molecule has 25 heavy (non-hydrogen) atoms. The Balaban J connectivity index is 1.49. The Hall–Kier alpha value is -2.00. The van der Waals surface area contributed by atoms with Crippen LogP contribution in [0.3, 0.4) is 0 Å². The van der Waals surface area contributed by atoms with Gasteiger partial charge in [-0.25, -0.2) is 0 Å². The molecule has 1 fully saturated rings. The highest BCUT2D eigenvalue weighted by Gasteiger charge is 2.38. The summed E-state index contributed by atoms with van der Waals surface area (Å²) in [5, 5.41) is 3.83. The van der Waals surface area contributed by atoms with Gasteiger partial charge in [-0.15, -0.1) is 0 Å². The number of carbonyl (C=O) groups is 1. The zero-order valence-electron chi connectivity index (χ0n) is 14.5. The molecule has 1 heterocycles. The van der Waals surface area contributed by atoms with Crippen molar-refractivity contribution in [3.63, 3.8) is 0 Å². The van der Waals surface area contributed by atoms with E-state index in [2.05, 4.69) is 34.5 Å². The van der Waals surface area contributed by atoms with Crippen LogP contribution in [0.4, 0.5) is 5.69 Å². The van der Waals surface area contributed by atoms with E-state index >= 15 is 0 Å². The third-order valence-electron chi connectivity index (χ3n) is 5.64. The topological polar surface area (TPSA) is 32.3 Å². The Bertz CT molecular complexity index is 804. The van der Waals surface area contributed by atoms with Crippen LogP contribution < -0.4 is 5.32 Å². The van der Waals surface area contributed by atoms with Gasteiger partial charge in [-0.3, -0.25) is 4.79 Å². The fraction of sp³-hybridized carbons (Fsp3) is 0.381. The number of hydrogen-bond donors (Lipinski definition) is 1. The monoisotopic (exact) mass is 354 g/mol. The first-order valence-electron chi connectivity index (χ1n) is 9.02. The van der Waals surface area contributed by atoms with Gasteiger partial charge in [-0.1, -0.05) is 41.9 Å². The second-order valence-corrected chi connectivity index (χ2v) is 7.44. The number of amides is 1. The second kappa shape index (κ2) is 6.72. The number of aryl methyl sites for hydroxylation is 1. The summed E-state index contributed by atoms with van der Waals surface area (Å²) < 4.78 is 0. The molecule has 0 spiro atoms. The molecule has 2 unspecified atom stereocenters. The molecular formula is C21H23ClN2O.